The van der Waals surface area contributed by atoms with Crippen LogP contribution >= 0.6 is 0 Å². The monoisotopic (exact) mass is 429 g/mol. The van der Waals surface area contributed by atoms with Gasteiger partial charge in [-0.2, -0.15) is 19.9 Å². The Morgan fingerprint density at radius 2 is 1.55 bits per heavy atom. The van der Waals surface area contributed by atoms with E-state index in [-0.39, 0.29) is 6.10 Å². The van der Waals surface area contributed by atoms with Crippen molar-refractivity contribution >= 4 is 11.9 Å². The number of rotatable bonds is 8. The third-order valence-electron chi connectivity index (χ3n) is 5.33. The number of hydrogen-bond acceptors (Lipinski definition) is 10. The number of morpholine rings is 2. The summed E-state index contributed by atoms with van der Waals surface area (Å²) in [5.74, 6) is 1.81. The van der Waals surface area contributed by atoms with Crippen molar-refractivity contribution in [1.29, 1.82) is 0 Å². The molecule has 2 aliphatic rings. The van der Waals surface area contributed by atoms with E-state index in [9.17, 15) is 0 Å². The van der Waals surface area contributed by atoms with Gasteiger partial charge in [0.1, 0.15) is 5.69 Å². The first-order chi connectivity index (χ1) is 15.2. The fourth-order valence-electron chi connectivity index (χ4n) is 3.53. The van der Waals surface area contributed by atoms with Gasteiger partial charge in [-0.05, 0) is 19.4 Å². The van der Waals surface area contributed by atoms with Crippen molar-refractivity contribution in [3.05, 3.63) is 12.3 Å². The lowest BCUT2D eigenvalue weighted by Gasteiger charge is -2.30. The molecular weight excluding hydrogens is 398 g/mol. The zero-order valence-corrected chi connectivity index (χ0v) is 18.4. The topological polar surface area (TPSA) is 98.6 Å². The van der Waals surface area contributed by atoms with Gasteiger partial charge < -0.3 is 24.0 Å². The van der Waals surface area contributed by atoms with E-state index in [1.807, 2.05) is 13.0 Å². The first-order valence-electron chi connectivity index (χ1n) is 11.1. The standard InChI is InChI=1S/C21H31N7O3/c1-3-4-5-16(2)31-21-22-7-6-17(23-21)18-24-19(27-8-12-29-13-9-27)26-20(25-18)28-10-14-30-15-11-28/h6-7,16H,3-5,8-15H2,1-2H3. The highest BCUT2D eigenvalue weighted by Crippen LogP contribution is 2.22. The van der Waals surface area contributed by atoms with Gasteiger partial charge in [0.2, 0.25) is 11.9 Å². The molecule has 0 saturated carbocycles. The Bertz CT molecular complexity index is 805. The predicted octanol–water partition coefficient (Wildman–Crippen LogP) is 1.96. The van der Waals surface area contributed by atoms with E-state index in [1.165, 1.54) is 0 Å². The lowest BCUT2D eigenvalue weighted by Crippen LogP contribution is -2.40. The van der Waals surface area contributed by atoms with Crippen LogP contribution in [0.5, 0.6) is 6.01 Å². The number of hydrogen-bond donors (Lipinski definition) is 0. The molecule has 2 aromatic heterocycles. The molecule has 0 bridgehead atoms. The molecular formula is C21H31N7O3. The van der Waals surface area contributed by atoms with E-state index >= 15 is 0 Å². The summed E-state index contributed by atoms with van der Waals surface area (Å²) in [6.07, 6.45) is 4.96. The third kappa shape index (κ3) is 5.76. The maximum absolute atomic E-state index is 5.92. The smallest absolute Gasteiger partial charge is 0.317 e. The minimum atomic E-state index is 0.0568. The van der Waals surface area contributed by atoms with Crippen LogP contribution in [0, 0.1) is 0 Å². The molecule has 10 heteroatoms. The summed E-state index contributed by atoms with van der Waals surface area (Å²) < 4.78 is 16.9. The molecule has 2 aromatic rings. The molecule has 4 heterocycles. The van der Waals surface area contributed by atoms with Crippen LogP contribution < -0.4 is 14.5 Å². The number of nitrogens with zero attached hydrogens (tertiary/aromatic N) is 7. The van der Waals surface area contributed by atoms with Crippen LogP contribution in [0.2, 0.25) is 0 Å². The van der Waals surface area contributed by atoms with Crippen LogP contribution in [0.1, 0.15) is 33.1 Å². The maximum Gasteiger partial charge on any atom is 0.317 e. The van der Waals surface area contributed by atoms with Crippen LogP contribution in [0.15, 0.2) is 12.3 Å². The maximum atomic E-state index is 5.92. The molecule has 2 fully saturated rings. The molecule has 2 aliphatic heterocycles. The molecule has 0 radical (unpaired) electrons. The van der Waals surface area contributed by atoms with Crippen molar-refractivity contribution < 1.29 is 14.2 Å². The second-order valence-corrected chi connectivity index (χ2v) is 7.75. The fourth-order valence-corrected chi connectivity index (χ4v) is 3.53. The Balaban J connectivity index is 1.62. The van der Waals surface area contributed by atoms with Crippen LogP contribution in [-0.4, -0.2) is 83.6 Å². The molecule has 0 amide bonds. The molecule has 0 aliphatic carbocycles. The quantitative estimate of drug-likeness (QED) is 0.619. The van der Waals surface area contributed by atoms with Crippen molar-refractivity contribution in [2.24, 2.45) is 0 Å². The molecule has 10 nitrogen and oxygen atoms in total. The zero-order valence-electron chi connectivity index (χ0n) is 18.4. The molecule has 168 valence electrons. The number of aromatic nitrogens is 5. The summed E-state index contributed by atoms with van der Waals surface area (Å²) in [6, 6.07) is 2.16. The van der Waals surface area contributed by atoms with Crippen molar-refractivity contribution in [3.63, 3.8) is 0 Å². The average molecular weight is 430 g/mol. The van der Waals surface area contributed by atoms with E-state index in [0.29, 0.717) is 55.9 Å². The predicted molar refractivity (Wildman–Crippen MR) is 117 cm³/mol. The van der Waals surface area contributed by atoms with E-state index < -0.39 is 0 Å². The van der Waals surface area contributed by atoms with E-state index in [2.05, 4.69) is 26.7 Å². The van der Waals surface area contributed by atoms with Crippen LogP contribution in [0.25, 0.3) is 11.5 Å². The Labute approximate surface area is 183 Å². The van der Waals surface area contributed by atoms with Gasteiger partial charge in [-0.1, -0.05) is 19.8 Å². The van der Waals surface area contributed by atoms with Crippen molar-refractivity contribution in [2.45, 2.75) is 39.2 Å². The van der Waals surface area contributed by atoms with Gasteiger partial charge in [-0.25, -0.2) is 4.98 Å². The number of anilines is 2. The van der Waals surface area contributed by atoms with Crippen molar-refractivity contribution in [2.75, 3.05) is 62.4 Å². The Kier molecular flexibility index (Phi) is 7.42. The van der Waals surface area contributed by atoms with E-state index in [4.69, 9.17) is 29.2 Å². The summed E-state index contributed by atoms with van der Waals surface area (Å²) in [4.78, 5) is 27.4. The van der Waals surface area contributed by atoms with Crippen LogP contribution in [0.4, 0.5) is 11.9 Å². The molecule has 4 rings (SSSR count). The fraction of sp³-hybridized carbons (Fsp3) is 0.667. The summed E-state index contributed by atoms with van der Waals surface area (Å²) in [5, 5.41) is 0. The highest BCUT2D eigenvalue weighted by atomic mass is 16.5. The Hall–Kier alpha value is -2.59. The zero-order chi connectivity index (χ0) is 21.5. The summed E-state index contributed by atoms with van der Waals surface area (Å²) >= 11 is 0. The second kappa shape index (κ2) is 10.6. The lowest BCUT2D eigenvalue weighted by molar-refractivity contribution is 0.121. The first kappa shape index (κ1) is 21.6. The minimum absolute atomic E-state index is 0.0568. The average Bonchev–Trinajstić information content (AvgIpc) is 2.84. The van der Waals surface area contributed by atoms with Crippen molar-refractivity contribution in [3.8, 4) is 17.5 Å². The molecule has 1 atom stereocenters. The van der Waals surface area contributed by atoms with Crippen molar-refractivity contribution in [1.82, 2.24) is 24.9 Å². The summed E-state index contributed by atoms with van der Waals surface area (Å²) in [5.41, 5.74) is 0.624. The summed E-state index contributed by atoms with van der Waals surface area (Å²) in [6.45, 7) is 9.86. The van der Waals surface area contributed by atoms with Crippen LogP contribution in [-0.2, 0) is 9.47 Å². The lowest BCUT2D eigenvalue weighted by atomic mass is 10.2. The molecule has 31 heavy (non-hydrogen) atoms. The largest absolute Gasteiger partial charge is 0.460 e. The highest BCUT2D eigenvalue weighted by molar-refractivity contribution is 5.54. The molecule has 1 unspecified atom stereocenters. The molecule has 0 spiro atoms. The van der Waals surface area contributed by atoms with Gasteiger partial charge in [0.25, 0.3) is 0 Å². The first-order valence-corrected chi connectivity index (χ1v) is 11.1. The Morgan fingerprint density at radius 1 is 0.935 bits per heavy atom. The molecule has 0 N–H and O–H groups in total. The van der Waals surface area contributed by atoms with Crippen LogP contribution in [0.3, 0.4) is 0 Å². The highest BCUT2D eigenvalue weighted by Gasteiger charge is 2.22. The number of unbranched alkanes of at least 4 members (excludes halogenated alkanes) is 1. The summed E-state index contributed by atoms with van der Waals surface area (Å²) in [7, 11) is 0. The van der Waals surface area contributed by atoms with Gasteiger partial charge in [0.15, 0.2) is 5.82 Å². The second-order valence-electron chi connectivity index (χ2n) is 7.75. The Morgan fingerprint density at radius 3 is 2.13 bits per heavy atom. The van der Waals surface area contributed by atoms with Gasteiger partial charge in [0, 0.05) is 32.4 Å². The number of ether oxygens (including phenoxy) is 3. The third-order valence-corrected chi connectivity index (χ3v) is 5.33. The van der Waals surface area contributed by atoms with Gasteiger partial charge in [0.05, 0.1) is 32.5 Å². The molecule has 0 aromatic carbocycles. The van der Waals surface area contributed by atoms with Gasteiger partial charge in [-0.15, -0.1) is 0 Å². The van der Waals surface area contributed by atoms with E-state index in [1.54, 1.807) is 6.20 Å². The van der Waals surface area contributed by atoms with Gasteiger partial charge in [-0.3, -0.25) is 0 Å². The van der Waals surface area contributed by atoms with E-state index in [0.717, 1.165) is 45.4 Å². The SMILES string of the molecule is CCCCC(C)Oc1nccc(-c2nc(N3CCOCC3)nc(N3CCOCC3)n2)n1. The molecule has 2 saturated heterocycles. The van der Waals surface area contributed by atoms with Gasteiger partial charge >= 0.3 is 6.01 Å². The minimum Gasteiger partial charge on any atom is -0.460 e. The normalized spacial score (nSPS) is 18.1.